The van der Waals surface area contributed by atoms with Crippen LogP contribution in [-0.2, 0) is 16.0 Å². The molecule has 0 unspecified atom stereocenters. The number of anilines is 1. The minimum Gasteiger partial charge on any atom is -0.496 e. The Kier molecular flexibility index (Phi) is 4.27. The molecular weight excluding hydrogens is 258 g/mol. The minimum atomic E-state index is -0.838. The summed E-state index contributed by atoms with van der Waals surface area (Å²) in [6.45, 7) is 2.83. The number of Topliss-reactive ketones (excluding diaryl/α,β-unsaturated/α-hetero) is 1. The Bertz CT molecular complexity index is 539. The van der Waals surface area contributed by atoms with Crippen molar-refractivity contribution in [1.82, 2.24) is 0 Å². The number of nitrogens with zero attached hydrogens (tertiary/aromatic N) is 1. The van der Waals surface area contributed by atoms with E-state index in [2.05, 4.69) is 4.90 Å². The lowest BCUT2D eigenvalue weighted by Gasteiger charge is -2.29. The average Bonchev–Trinajstić information content (AvgIpc) is 2.46. The Morgan fingerprint density at radius 1 is 1.35 bits per heavy atom. The Morgan fingerprint density at radius 2 is 2.10 bits per heavy atom. The molecule has 0 fully saturated rings. The van der Waals surface area contributed by atoms with Crippen molar-refractivity contribution >= 4 is 17.4 Å². The molecule has 20 heavy (non-hydrogen) atoms. The van der Waals surface area contributed by atoms with Gasteiger partial charge in [-0.05, 0) is 31.9 Å². The summed E-state index contributed by atoms with van der Waals surface area (Å²) in [4.78, 5) is 25.8. The van der Waals surface area contributed by atoms with Crippen LogP contribution in [0.2, 0.25) is 0 Å². The highest BCUT2D eigenvalue weighted by Gasteiger charge is 2.27. The molecule has 5 nitrogen and oxygen atoms in total. The number of carbonyl (C=O) groups is 2. The van der Waals surface area contributed by atoms with Gasteiger partial charge in [-0.25, -0.2) is 4.79 Å². The van der Waals surface area contributed by atoms with Crippen LogP contribution in [0.3, 0.4) is 0 Å². The van der Waals surface area contributed by atoms with E-state index in [0.717, 1.165) is 30.6 Å². The van der Waals surface area contributed by atoms with Gasteiger partial charge < -0.3 is 14.4 Å². The van der Waals surface area contributed by atoms with E-state index >= 15 is 0 Å². The van der Waals surface area contributed by atoms with Gasteiger partial charge in [0.15, 0.2) is 0 Å². The second-order valence-corrected chi connectivity index (χ2v) is 4.72. The predicted molar refractivity (Wildman–Crippen MR) is 75.5 cm³/mol. The van der Waals surface area contributed by atoms with Crippen molar-refractivity contribution in [3.8, 4) is 5.75 Å². The van der Waals surface area contributed by atoms with Gasteiger partial charge in [0.05, 0.1) is 19.3 Å². The molecule has 0 bridgehead atoms. The maximum absolute atomic E-state index is 12.1. The van der Waals surface area contributed by atoms with Gasteiger partial charge in [-0.2, -0.15) is 0 Å². The summed E-state index contributed by atoms with van der Waals surface area (Å²) < 4.78 is 10.2. The van der Waals surface area contributed by atoms with Crippen molar-refractivity contribution in [3.05, 3.63) is 23.3 Å². The molecule has 0 aromatic heterocycles. The van der Waals surface area contributed by atoms with E-state index in [-0.39, 0.29) is 12.2 Å². The smallest absolute Gasteiger partial charge is 0.379 e. The molecule has 0 aliphatic carbocycles. The fourth-order valence-corrected chi connectivity index (χ4v) is 2.55. The second kappa shape index (κ2) is 5.94. The molecule has 0 saturated heterocycles. The Balaban J connectivity index is 2.45. The van der Waals surface area contributed by atoms with E-state index in [1.54, 1.807) is 13.0 Å². The molecule has 1 heterocycles. The first kappa shape index (κ1) is 14.4. The maximum Gasteiger partial charge on any atom is 0.379 e. The molecule has 2 rings (SSSR count). The van der Waals surface area contributed by atoms with Crippen LogP contribution in [0.1, 0.15) is 29.3 Å². The van der Waals surface area contributed by atoms with Gasteiger partial charge in [-0.1, -0.05) is 0 Å². The van der Waals surface area contributed by atoms with Gasteiger partial charge in [-0.15, -0.1) is 0 Å². The highest BCUT2D eigenvalue weighted by Crippen LogP contribution is 2.36. The predicted octanol–water partition coefficient (Wildman–Crippen LogP) is 1.82. The number of esters is 1. The highest BCUT2D eigenvalue weighted by molar-refractivity contribution is 6.41. The molecule has 1 aromatic rings. The third-order valence-corrected chi connectivity index (χ3v) is 3.48. The minimum absolute atomic E-state index is 0.181. The van der Waals surface area contributed by atoms with Crippen LogP contribution >= 0.6 is 0 Å². The third-order valence-electron chi connectivity index (χ3n) is 3.48. The van der Waals surface area contributed by atoms with Crippen LogP contribution < -0.4 is 9.64 Å². The van der Waals surface area contributed by atoms with E-state index < -0.39 is 11.8 Å². The number of rotatable bonds is 4. The quantitative estimate of drug-likeness (QED) is 0.477. The number of carbonyl (C=O) groups excluding carboxylic acids is 2. The molecule has 1 aliphatic heterocycles. The molecule has 1 aliphatic rings. The SMILES string of the molecule is CCOC(=O)C(=O)c1ccc2c(c1OC)CCCN2C. The topological polar surface area (TPSA) is 55.8 Å². The zero-order valence-corrected chi connectivity index (χ0v) is 12.1. The van der Waals surface area contributed by atoms with Crippen LogP contribution in [0.25, 0.3) is 0 Å². The molecule has 0 atom stereocenters. The molecule has 5 heteroatoms. The fraction of sp³-hybridized carbons (Fsp3) is 0.467. The molecule has 108 valence electrons. The van der Waals surface area contributed by atoms with Gasteiger partial charge in [0.25, 0.3) is 5.78 Å². The van der Waals surface area contributed by atoms with Crippen LogP contribution in [-0.4, -0.2) is 39.1 Å². The number of fused-ring (bicyclic) bond motifs is 1. The van der Waals surface area contributed by atoms with Gasteiger partial charge in [-0.3, -0.25) is 4.79 Å². The third kappa shape index (κ3) is 2.48. The summed E-state index contributed by atoms with van der Waals surface area (Å²) in [5.74, 6) is -0.998. The standard InChI is InChI=1S/C15H19NO4/c1-4-20-15(18)13(17)11-7-8-12-10(14(11)19-3)6-5-9-16(12)2/h7-8H,4-6,9H2,1-3H3. The van der Waals surface area contributed by atoms with E-state index in [9.17, 15) is 9.59 Å². The van der Waals surface area contributed by atoms with Crippen molar-refractivity contribution in [2.75, 3.05) is 32.2 Å². The summed E-state index contributed by atoms with van der Waals surface area (Å²) in [6, 6.07) is 3.50. The summed E-state index contributed by atoms with van der Waals surface area (Å²) in [5.41, 5.74) is 2.31. The number of hydrogen-bond donors (Lipinski definition) is 0. The molecular formula is C15H19NO4. The summed E-state index contributed by atoms with van der Waals surface area (Å²) >= 11 is 0. The molecule has 0 N–H and O–H groups in total. The maximum atomic E-state index is 12.1. The number of benzene rings is 1. The van der Waals surface area contributed by atoms with E-state index in [0.29, 0.717) is 5.75 Å². The summed E-state index contributed by atoms with van der Waals surface area (Å²) in [7, 11) is 3.52. The zero-order valence-electron chi connectivity index (χ0n) is 12.1. The summed E-state index contributed by atoms with van der Waals surface area (Å²) in [5, 5.41) is 0. The normalized spacial score (nSPS) is 13.7. The summed E-state index contributed by atoms with van der Waals surface area (Å²) in [6.07, 6.45) is 1.84. The first-order chi connectivity index (χ1) is 9.60. The molecule has 1 aromatic carbocycles. The van der Waals surface area contributed by atoms with Crippen LogP contribution in [0.5, 0.6) is 5.75 Å². The lowest BCUT2D eigenvalue weighted by molar-refractivity contribution is -0.137. The van der Waals surface area contributed by atoms with Crippen molar-refractivity contribution in [1.29, 1.82) is 0 Å². The number of methoxy groups -OCH3 is 1. The first-order valence-corrected chi connectivity index (χ1v) is 6.72. The van der Waals surface area contributed by atoms with Crippen molar-refractivity contribution in [2.24, 2.45) is 0 Å². The van der Waals surface area contributed by atoms with Crippen molar-refractivity contribution in [3.63, 3.8) is 0 Å². The molecule has 0 radical (unpaired) electrons. The van der Waals surface area contributed by atoms with Crippen molar-refractivity contribution in [2.45, 2.75) is 19.8 Å². The van der Waals surface area contributed by atoms with Gasteiger partial charge >= 0.3 is 5.97 Å². The molecule has 0 amide bonds. The highest BCUT2D eigenvalue weighted by atomic mass is 16.5. The van der Waals surface area contributed by atoms with Crippen LogP contribution in [0.4, 0.5) is 5.69 Å². The fourth-order valence-electron chi connectivity index (χ4n) is 2.55. The Morgan fingerprint density at radius 3 is 2.75 bits per heavy atom. The van der Waals surface area contributed by atoms with E-state index in [1.807, 2.05) is 13.1 Å². The second-order valence-electron chi connectivity index (χ2n) is 4.72. The van der Waals surface area contributed by atoms with E-state index in [4.69, 9.17) is 9.47 Å². The number of ketones is 1. The van der Waals surface area contributed by atoms with Gasteiger partial charge in [0.2, 0.25) is 0 Å². The molecule has 0 saturated carbocycles. The average molecular weight is 277 g/mol. The van der Waals surface area contributed by atoms with E-state index in [1.165, 1.54) is 7.11 Å². The van der Waals surface area contributed by atoms with Crippen LogP contribution in [0.15, 0.2) is 12.1 Å². The van der Waals surface area contributed by atoms with Crippen LogP contribution in [0, 0.1) is 0 Å². The largest absolute Gasteiger partial charge is 0.496 e. The lowest BCUT2D eigenvalue weighted by Crippen LogP contribution is -2.26. The van der Waals surface area contributed by atoms with Gasteiger partial charge in [0.1, 0.15) is 5.75 Å². The van der Waals surface area contributed by atoms with Gasteiger partial charge in [0, 0.05) is 24.8 Å². The Hall–Kier alpha value is -2.04. The zero-order chi connectivity index (χ0) is 14.7. The monoisotopic (exact) mass is 277 g/mol. The van der Waals surface area contributed by atoms with Crippen molar-refractivity contribution < 1.29 is 19.1 Å². The Labute approximate surface area is 118 Å². The molecule has 0 spiro atoms. The number of hydrogen-bond acceptors (Lipinski definition) is 5. The number of ether oxygens (including phenoxy) is 2. The lowest BCUT2D eigenvalue weighted by atomic mass is 9.96. The first-order valence-electron chi connectivity index (χ1n) is 6.72.